The fraction of sp³-hybridized carbons (Fsp3) is 0.312. The highest BCUT2D eigenvalue weighted by molar-refractivity contribution is 7.10. The molecule has 2 rings (SSSR count). The van der Waals surface area contributed by atoms with Crippen LogP contribution in [0.5, 0.6) is 5.75 Å². The predicted molar refractivity (Wildman–Crippen MR) is 87.1 cm³/mol. The van der Waals surface area contributed by atoms with Crippen LogP contribution >= 0.6 is 11.3 Å². The molecule has 2 aromatic rings. The standard InChI is InChI=1S/C16H20N2O3S/c1-16(20,14-8-5-9-22-14)11-18-15(19)17-10-12-6-3-4-7-13(12)21-2/h3-9,20H,10-11H2,1-2H3,(H2,17,18,19). The molecule has 0 spiro atoms. The quantitative estimate of drug-likeness (QED) is 0.766. The van der Waals surface area contributed by atoms with E-state index in [1.165, 1.54) is 11.3 Å². The summed E-state index contributed by atoms with van der Waals surface area (Å²) < 4.78 is 5.23. The van der Waals surface area contributed by atoms with Crippen LogP contribution in [0.4, 0.5) is 4.79 Å². The number of amides is 2. The number of hydrogen-bond acceptors (Lipinski definition) is 4. The Morgan fingerprint density at radius 2 is 2.05 bits per heavy atom. The molecule has 0 fully saturated rings. The SMILES string of the molecule is COc1ccccc1CNC(=O)NCC(C)(O)c1cccs1. The van der Waals surface area contributed by atoms with Gasteiger partial charge < -0.3 is 20.5 Å². The molecule has 2 amide bonds. The summed E-state index contributed by atoms with van der Waals surface area (Å²) in [6, 6.07) is 10.9. The van der Waals surface area contributed by atoms with Crippen LogP contribution in [0, 0.1) is 0 Å². The van der Waals surface area contributed by atoms with E-state index in [2.05, 4.69) is 10.6 Å². The first kappa shape index (κ1) is 16.3. The van der Waals surface area contributed by atoms with Crippen LogP contribution in [-0.2, 0) is 12.1 Å². The van der Waals surface area contributed by atoms with Gasteiger partial charge in [0.2, 0.25) is 0 Å². The third kappa shape index (κ3) is 4.22. The summed E-state index contributed by atoms with van der Waals surface area (Å²) in [5.74, 6) is 0.730. The van der Waals surface area contributed by atoms with Gasteiger partial charge in [-0.1, -0.05) is 24.3 Å². The molecule has 1 aromatic heterocycles. The van der Waals surface area contributed by atoms with E-state index in [-0.39, 0.29) is 12.6 Å². The minimum atomic E-state index is -1.07. The van der Waals surface area contributed by atoms with Gasteiger partial charge in [0.1, 0.15) is 11.4 Å². The number of benzene rings is 1. The zero-order chi connectivity index (χ0) is 16.0. The van der Waals surface area contributed by atoms with Crippen LogP contribution in [0.25, 0.3) is 0 Å². The van der Waals surface area contributed by atoms with Crippen molar-refractivity contribution in [3.8, 4) is 5.75 Å². The van der Waals surface area contributed by atoms with Gasteiger partial charge >= 0.3 is 6.03 Å². The van der Waals surface area contributed by atoms with Crippen LogP contribution in [0.1, 0.15) is 17.4 Å². The highest BCUT2D eigenvalue weighted by atomic mass is 32.1. The molecule has 1 aromatic carbocycles. The molecule has 22 heavy (non-hydrogen) atoms. The number of para-hydroxylation sites is 1. The van der Waals surface area contributed by atoms with Crippen LogP contribution in [0.15, 0.2) is 41.8 Å². The Balaban J connectivity index is 1.83. The average Bonchev–Trinajstić information content (AvgIpc) is 3.06. The van der Waals surface area contributed by atoms with Crippen LogP contribution < -0.4 is 15.4 Å². The third-order valence-corrected chi connectivity index (χ3v) is 4.40. The van der Waals surface area contributed by atoms with Crippen molar-refractivity contribution in [2.24, 2.45) is 0 Å². The number of rotatable bonds is 6. The summed E-state index contributed by atoms with van der Waals surface area (Å²) in [5.41, 5.74) is -0.180. The number of hydrogen-bond donors (Lipinski definition) is 3. The highest BCUT2D eigenvalue weighted by Gasteiger charge is 2.24. The molecule has 0 radical (unpaired) electrons. The van der Waals surface area contributed by atoms with Crippen molar-refractivity contribution >= 4 is 17.4 Å². The third-order valence-electron chi connectivity index (χ3n) is 3.28. The number of carbonyl (C=O) groups is 1. The maximum Gasteiger partial charge on any atom is 0.315 e. The minimum Gasteiger partial charge on any atom is -0.496 e. The highest BCUT2D eigenvalue weighted by Crippen LogP contribution is 2.24. The summed E-state index contributed by atoms with van der Waals surface area (Å²) in [4.78, 5) is 12.7. The van der Waals surface area contributed by atoms with Gasteiger partial charge in [-0.3, -0.25) is 0 Å². The Morgan fingerprint density at radius 3 is 2.73 bits per heavy atom. The van der Waals surface area contributed by atoms with Crippen LogP contribution in [0.2, 0.25) is 0 Å². The van der Waals surface area contributed by atoms with E-state index in [4.69, 9.17) is 4.74 Å². The van der Waals surface area contributed by atoms with E-state index in [0.717, 1.165) is 16.2 Å². The molecule has 118 valence electrons. The number of urea groups is 1. The Labute approximate surface area is 133 Å². The molecule has 0 saturated carbocycles. The van der Waals surface area contributed by atoms with E-state index >= 15 is 0 Å². The fourth-order valence-corrected chi connectivity index (χ4v) is 2.80. The van der Waals surface area contributed by atoms with Gasteiger partial charge in [-0.05, 0) is 24.4 Å². The second-order valence-corrected chi connectivity index (χ2v) is 6.05. The van der Waals surface area contributed by atoms with Gasteiger partial charge in [0.25, 0.3) is 0 Å². The molecule has 1 heterocycles. The normalized spacial score (nSPS) is 13.2. The van der Waals surface area contributed by atoms with Crippen molar-refractivity contribution in [2.45, 2.75) is 19.1 Å². The van der Waals surface area contributed by atoms with E-state index in [1.807, 2.05) is 41.8 Å². The average molecular weight is 320 g/mol. The smallest absolute Gasteiger partial charge is 0.315 e. The maximum atomic E-state index is 11.9. The van der Waals surface area contributed by atoms with Crippen molar-refractivity contribution in [2.75, 3.05) is 13.7 Å². The Bertz CT molecular complexity index is 612. The number of aliphatic hydroxyl groups is 1. The van der Waals surface area contributed by atoms with Crippen molar-refractivity contribution in [3.05, 3.63) is 52.2 Å². The molecular formula is C16H20N2O3S. The summed E-state index contributed by atoms with van der Waals surface area (Å²) in [5, 5.41) is 17.7. The van der Waals surface area contributed by atoms with Crippen molar-refractivity contribution in [1.82, 2.24) is 10.6 Å². The lowest BCUT2D eigenvalue weighted by atomic mass is 10.1. The minimum absolute atomic E-state index is 0.144. The van der Waals surface area contributed by atoms with Gasteiger partial charge in [-0.15, -0.1) is 11.3 Å². The second-order valence-electron chi connectivity index (χ2n) is 5.10. The van der Waals surface area contributed by atoms with Crippen LogP contribution in [-0.4, -0.2) is 24.8 Å². The van der Waals surface area contributed by atoms with E-state index in [1.54, 1.807) is 14.0 Å². The van der Waals surface area contributed by atoms with E-state index in [9.17, 15) is 9.90 Å². The van der Waals surface area contributed by atoms with Gasteiger partial charge in [0.15, 0.2) is 0 Å². The van der Waals surface area contributed by atoms with Gasteiger partial charge in [-0.25, -0.2) is 4.79 Å². The largest absolute Gasteiger partial charge is 0.496 e. The predicted octanol–water partition coefficient (Wildman–Crippen LogP) is 2.46. The second kappa shape index (κ2) is 7.29. The van der Waals surface area contributed by atoms with Crippen LogP contribution in [0.3, 0.4) is 0 Å². The summed E-state index contributed by atoms with van der Waals surface area (Å²) >= 11 is 1.46. The fourth-order valence-electron chi connectivity index (χ4n) is 2.01. The molecule has 1 unspecified atom stereocenters. The lowest BCUT2D eigenvalue weighted by Gasteiger charge is -2.22. The Kier molecular flexibility index (Phi) is 5.41. The Hall–Kier alpha value is -2.05. The number of ether oxygens (including phenoxy) is 1. The molecule has 0 aliphatic heterocycles. The summed E-state index contributed by atoms with van der Waals surface area (Å²) in [7, 11) is 1.59. The molecule has 0 saturated heterocycles. The first-order chi connectivity index (χ1) is 10.5. The Morgan fingerprint density at radius 1 is 1.27 bits per heavy atom. The molecule has 0 bridgehead atoms. The van der Waals surface area contributed by atoms with Crippen molar-refractivity contribution in [3.63, 3.8) is 0 Å². The molecule has 6 heteroatoms. The summed E-state index contributed by atoms with van der Waals surface area (Å²) in [6.07, 6.45) is 0. The lowest BCUT2D eigenvalue weighted by molar-refractivity contribution is 0.0631. The zero-order valence-electron chi connectivity index (χ0n) is 12.6. The molecule has 0 aliphatic rings. The monoisotopic (exact) mass is 320 g/mol. The number of methoxy groups -OCH3 is 1. The maximum absolute atomic E-state index is 11.9. The molecule has 0 aliphatic carbocycles. The van der Waals surface area contributed by atoms with Gasteiger partial charge in [0, 0.05) is 17.0 Å². The van der Waals surface area contributed by atoms with Gasteiger partial charge in [0.05, 0.1) is 13.7 Å². The molecule has 5 nitrogen and oxygen atoms in total. The first-order valence-corrected chi connectivity index (χ1v) is 7.81. The zero-order valence-corrected chi connectivity index (χ0v) is 13.4. The van der Waals surface area contributed by atoms with Crippen molar-refractivity contribution in [1.29, 1.82) is 0 Å². The molecular weight excluding hydrogens is 300 g/mol. The summed E-state index contributed by atoms with van der Waals surface area (Å²) in [6.45, 7) is 2.18. The number of carbonyl (C=O) groups excluding carboxylic acids is 1. The number of nitrogens with one attached hydrogen (secondary N) is 2. The molecule has 1 atom stereocenters. The first-order valence-electron chi connectivity index (χ1n) is 6.93. The number of thiophene rings is 1. The van der Waals surface area contributed by atoms with E-state index in [0.29, 0.717) is 6.54 Å². The molecule has 3 N–H and O–H groups in total. The lowest BCUT2D eigenvalue weighted by Crippen LogP contribution is -2.42. The van der Waals surface area contributed by atoms with E-state index < -0.39 is 5.60 Å². The topological polar surface area (TPSA) is 70.6 Å². The van der Waals surface area contributed by atoms with Gasteiger partial charge in [-0.2, -0.15) is 0 Å². The van der Waals surface area contributed by atoms with Crippen molar-refractivity contribution < 1.29 is 14.6 Å².